The van der Waals surface area contributed by atoms with Crippen LogP contribution in [0.25, 0.3) is 10.9 Å². The highest BCUT2D eigenvalue weighted by molar-refractivity contribution is 7.85. The Kier molecular flexibility index (Phi) is 7.14. The van der Waals surface area contributed by atoms with Crippen LogP contribution in [0.2, 0.25) is 0 Å². The third-order valence-corrected chi connectivity index (χ3v) is 5.74. The van der Waals surface area contributed by atoms with Crippen LogP contribution in [0.3, 0.4) is 0 Å². The summed E-state index contributed by atoms with van der Waals surface area (Å²) in [7, 11) is -0.168. The van der Waals surface area contributed by atoms with Crippen molar-refractivity contribution in [3.63, 3.8) is 0 Å². The van der Waals surface area contributed by atoms with Gasteiger partial charge in [-0.15, -0.1) is 0 Å². The second kappa shape index (κ2) is 8.85. The van der Waals surface area contributed by atoms with E-state index in [1.807, 2.05) is 38.1 Å². The lowest BCUT2D eigenvalue weighted by atomic mass is 9.95. The van der Waals surface area contributed by atoms with Crippen molar-refractivity contribution in [1.82, 2.24) is 8.87 Å². The molecule has 0 unspecified atom stereocenters. The maximum absolute atomic E-state index is 13.0. The van der Waals surface area contributed by atoms with Crippen molar-refractivity contribution in [3.8, 4) is 0 Å². The van der Waals surface area contributed by atoms with Gasteiger partial charge in [-0.25, -0.2) is 3.97 Å². The third kappa shape index (κ3) is 5.81. The number of nitrogens with zero attached hydrogens (tertiary/aromatic N) is 2. The van der Waals surface area contributed by atoms with E-state index < -0.39 is 21.7 Å². The van der Waals surface area contributed by atoms with Crippen molar-refractivity contribution in [1.29, 1.82) is 0 Å². The first kappa shape index (κ1) is 23.4. The zero-order chi connectivity index (χ0) is 22.0. The summed E-state index contributed by atoms with van der Waals surface area (Å²) in [6.45, 7) is 9.16. The number of rotatable bonds is 9. The van der Waals surface area contributed by atoms with Gasteiger partial charge in [0, 0.05) is 18.1 Å². The molecule has 1 aromatic carbocycles. The number of hydrogen-bond acceptors (Lipinski definition) is 6. The first-order valence-corrected chi connectivity index (χ1v) is 11.1. The minimum atomic E-state index is -4.12. The molecule has 0 aliphatic rings. The van der Waals surface area contributed by atoms with Gasteiger partial charge in [0.2, 0.25) is 0 Å². The first-order chi connectivity index (χ1) is 13.3. The van der Waals surface area contributed by atoms with Gasteiger partial charge in [0.15, 0.2) is 0 Å². The Balaban J connectivity index is 2.33. The normalized spacial score (nSPS) is 12.9. The van der Waals surface area contributed by atoms with Gasteiger partial charge in [0.25, 0.3) is 0 Å². The average Bonchev–Trinajstić information content (AvgIpc) is 2.96. The van der Waals surface area contributed by atoms with E-state index >= 15 is 0 Å². The number of benzene rings is 1. The molecule has 8 heteroatoms. The molecule has 7 nitrogen and oxygen atoms in total. The molecule has 0 saturated heterocycles. The highest BCUT2D eigenvalue weighted by Crippen LogP contribution is 2.27. The summed E-state index contributed by atoms with van der Waals surface area (Å²) in [4.78, 5) is 14.3. The van der Waals surface area contributed by atoms with E-state index in [2.05, 4.69) is 0 Å². The van der Waals surface area contributed by atoms with Gasteiger partial charge in [-0.1, -0.05) is 11.6 Å². The number of hydrogen-bond donors (Lipinski definition) is 0. The smallest absolute Gasteiger partial charge is 0.366 e. The van der Waals surface area contributed by atoms with E-state index in [-0.39, 0.29) is 12.7 Å². The average molecular weight is 425 g/mol. The van der Waals surface area contributed by atoms with Gasteiger partial charge in [0.1, 0.15) is 0 Å². The monoisotopic (exact) mass is 424 g/mol. The predicted octanol–water partition coefficient (Wildman–Crippen LogP) is 3.14. The molecule has 0 radical (unpaired) electrons. The molecular formula is C21H32N2O5S. The molecule has 0 N–H and O–H groups in total. The number of aryl methyl sites for hydroxylation is 1. The van der Waals surface area contributed by atoms with Crippen molar-refractivity contribution in [3.05, 3.63) is 35.5 Å². The largest absolute Gasteiger partial charge is 0.462 e. The van der Waals surface area contributed by atoms with Crippen LogP contribution in [-0.4, -0.2) is 56.6 Å². The Hall–Kier alpha value is -1.90. The third-order valence-electron chi connectivity index (χ3n) is 4.54. The number of likely N-dealkylation sites (N-methyl/N-ethyl adjacent to an activating group) is 1. The van der Waals surface area contributed by atoms with Gasteiger partial charge in [-0.3, -0.25) is 8.98 Å². The summed E-state index contributed by atoms with van der Waals surface area (Å²) in [6, 6.07) is 5.63. The van der Waals surface area contributed by atoms with Crippen molar-refractivity contribution in [2.24, 2.45) is 5.41 Å². The fraction of sp³-hybridized carbons (Fsp3) is 0.571. The Morgan fingerprint density at radius 3 is 2.48 bits per heavy atom. The van der Waals surface area contributed by atoms with E-state index in [4.69, 9.17) is 8.92 Å². The first-order valence-electron chi connectivity index (χ1n) is 9.70. The van der Waals surface area contributed by atoms with Crippen LogP contribution in [0, 0.1) is 12.3 Å². The molecule has 0 aliphatic heterocycles. The molecule has 1 heterocycles. The van der Waals surface area contributed by atoms with Crippen molar-refractivity contribution in [2.75, 3.05) is 27.2 Å². The van der Waals surface area contributed by atoms with Crippen LogP contribution in [0.5, 0.6) is 0 Å². The number of carbonyl (C=O) groups excluding carboxylic acids is 1. The minimum Gasteiger partial charge on any atom is -0.462 e. The number of esters is 1. The highest BCUT2D eigenvalue weighted by Gasteiger charge is 2.33. The molecule has 0 atom stereocenters. The van der Waals surface area contributed by atoms with E-state index in [9.17, 15) is 13.2 Å². The molecule has 2 aromatic rings. The summed E-state index contributed by atoms with van der Waals surface area (Å²) in [5.41, 5.74) is 1.46. The van der Waals surface area contributed by atoms with Crippen LogP contribution in [0.4, 0.5) is 0 Å². The van der Waals surface area contributed by atoms with Crippen molar-refractivity contribution >= 4 is 27.2 Å². The van der Waals surface area contributed by atoms with Crippen LogP contribution in [-0.2, 0) is 30.4 Å². The molecule has 0 aliphatic carbocycles. The summed E-state index contributed by atoms with van der Waals surface area (Å²) in [6.07, 6.45) is 2.04. The van der Waals surface area contributed by atoms with Crippen LogP contribution >= 0.6 is 0 Å². The molecule has 29 heavy (non-hydrogen) atoms. The molecular weight excluding hydrogens is 392 g/mol. The summed E-state index contributed by atoms with van der Waals surface area (Å²) < 4.78 is 37.6. The van der Waals surface area contributed by atoms with Gasteiger partial charge in [0.05, 0.1) is 23.6 Å². The van der Waals surface area contributed by atoms with E-state index in [0.717, 1.165) is 27.0 Å². The predicted molar refractivity (Wildman–Crippen MR) is 114 cm³/mol. The maximum atomic E-state index is 13.0. The fourth-order valence-corrected chi connectivity index (χ4v) is 4.03. The van der Waals surface area contributed by atoms with Crippen LogP contribution in [0.1, 0.15) is 38.8 Å². The van der Waals surface area contributed by atoms with Crippen LogP contribution < -0.4 is 0 Å². The second-order valence-electron chi connectivity index (χ2n) is 8.58. The Bertz CT molecular complexity index is 974. The standard InChI is InChI=1S/C21H32N2O5S/c1-15(2)28-20(24)21(4,5)14-27-29(25,26)23-13-17(10-11-22(6)7)18-12-16(3)8-9-19(18)23/h8-9,12-13,15H,10-11,14H2,1-7H3. The molecule has 0 saturated carbocycles. The van der Waals surface area contributed by atoms with E-state index in [1.165, 1.54) is 0 Å². The SMILES string of the molecule is Cc1ccc2c(c1)c(CCN(C)C)cn2S(=O)(=O)OCC(C)(C)C(=O)OC(C)C. The second-order valence-corrected chi connectivity index (χ2v) is 10.1. The Morgan fingerprint density at radius 1 is 1.24 bits per heavy atom. The molecule has 1 aromatic heterocycles. The number of ether oxygens (including phenoxy) is 1. The lowest BCUT2D eigenvalue weighted by molar-refractivity contribution is -0.159. The molecule has 2 rings (SSSR count). The molecule has 0 fully saturated rings. The van der Waals surface area contributed by atoms with Gasteiger partial charge >= 0.3 is 16.3 Å². The lowest BCUT2D eigenvalue weighted by Gasteiger charge is -2.23. The summed E-state index contributed by atoms with van der Waals surface area (Å²) in [5, 5.41) is 0.887. The fourth-order valence-electron chi connectivity index (χ4n) is 2.82. The zero-order valence-corrected chi connectivity index (χ0v) is 19.2. The number of fused-ring (bicyclic) bond motifs is 1. The van der Waals surface area contributed by atoms with E-state index in [0.29, 0.717) is 11.9 Å². The Morgan fingerprint density at radius 2 is 1.90 bits per heavy atom. The van der Waals surface area contributed by atoms with Gasteiger partial charge in [-0.05, 0) is 72.8 Å². The maximum Gasteiger partial charge on any atom is 0.366 e. The lowest BCUT2D eigenvalue weighted by Crippen LogP contribution is -2.34. The Labute approximate surface area is 173 Å². The topological polar surface area (TPSA) is 77.8 Å². The molecule has 162 valence electrons. The van der Waals surface area contributed by atoms with E-state index in [1.54, 1.807) is 40.0 Å². The number of aromatic nitrogens is 1. The summed E-state index contributed by atoms with van der Waals surface area (Å²) >= 11 is 0. The van der Waals surface area contributed by atoms with Gasteiger partial charge in [-0.2, -0.15) is 8.42 Å². The van der Waals surface area contributed by atoms with Crippen LogP contribution in [0.15, 0.2) is 24.4 Å². The highest BCUT2D eigenvalue weighted by atomic mass is 32.2. The molecule has 0 spiro atoms. The quantitative estimate of drug-likeness (QED) is 0.576. The number of carbonyl (C=O) groups is 1. The zero-order valence-electron chi connectivity index (χ0n) is 18.4. The van der Waals surface area contributed by atoms with Crippen molar-refractivity contribution < 1.29 is 22.1 Å². The molecule has 0 amide bonds. The molecule has 0 bridgehead atoms. The van der Waals surface area contributed by atoms with Crippen molar-refractivity contribution in [2.45, 2.75) is 47.1 Å². The van der Waals surface area contributed by atoms with Gasteiger partial charge < -0.3 is 9.64 Å². The summed E-state index contributed by atoms with van der Waals surface area (Å²) in [5.74, 6) is -0.498. The minimum absolute atomic E-state index is 0.283.